The summed E-state index contributed by atoms with van der Waals surface area (Å²) in [5, 5.41) is 13.3. The number of nitrogens with zero attached hydrogens (tertiary/aromatic N) is 3. The molecular formula is C33H51F6IrN3-6. The molecule has 1 radical (unpaired) electrons. The number of alkyl halides is 6. The summed E-state index contributed by atoms with van der Waals surface area (Å²) in [6.07, 6.45) is 10.8. The second-order valence-corrected chi connectivity index (χ2v) is 13.1. The fraction of sp³-hybridized carbons (Fsp3) is 0.909. The zero-order valence-electron chi connectivity index (χ0n) is 25.3. The minimum atomic E-state index is -1.01. The number of rotatable bonds is 3. The maximum atomic E-state index is 13.6. The van der Waals surface area contributed by atoms with E-state index < -0.39 is 37.0 Å². The summed E-state index contributed by atoms with van der Waals surface area (Å²) in [5.74, 6) is -0.327. The standard InChI is InChI=1S/3C11H17F2N.Ir/c3*12-8-4-5-9(10(13)7-8)11-3-1-2-6-14-11;/h3*5,8-11H,1-4,6-7H2;/q3*-2;. The third kappa shape index (κ3) is 12.0. The van der Waals surface area contributed by atoms with Gasteiger partial charge in [-0.3, -0.25) is 13.2 Å². The summed E-state index contributed by atoms with van der Waals surface area (Å²) in [6, 6.07) is 0.392. The van der Waals surface area contributed by atoms with Gasteiger partial charge in [0, 0.05) is 39.4 Å². The van der Waals surface area contributed by atoms with Crippen LogP contribution in [-0.4, -0.2) is 74.8 Å². The molecule has 6 rings (SSSR count). The molecule has 0 N–H and O–H groups in total. The Balaban J connectivity index is 0.000000175. The third-order valence-corrected chi connectivity index (χ3v) is 9.84. The molecule has 255 valence electrons. The Morgan fingerprint density at radius 1 is 0.419 bits per heavy atom. The first-order valence-electron chi connectivity index (χ1n) is 16.7. The SMILES string of the molecule is FC1C[CH-]C(C2CCCC[N-]2)C(F)C1.FC1C[CH-]C(C2CCCC[N-]2)C(F)C1.FC1C[CH-]C(C2CCCC[N-]2)C(F)C1.[Ir]. The van der Waals surface area contributed by atoms with Crippen molar-refractivity contribution in [2.75, 3.05) is 19.6 Å². The van der Waals surface area contributed by atoms with Crippen LogP contribution in [0.1, 0.15) is 96.3 Å². The number of hydrogen-bond donors (Lipinski definition) is 0. The van der Waals surface area contributed by atoms with Gasteiger partial charge in [0.1, 0.15) is 0 Å². The van der Waals surface area contributed by atoms with Crippen molar-refractivity contribution in [1.29, 1.82) is 0 Å². The average molecular weight is 796 g/mol. The molecule has 3 saturated carbocycles. The molecule has 10 heteroatoms. The van der Waals surface area contributed by atoms with E-state index in [2.05, 4.69) is 16.0 Å². The molecule has 3 heterocycles. The summed E-state index contributed by atoms with van der Waals surface area (Å²) >= 11 is 0. The van der Waals surface area contributed by atoms with Crippen molar-refractivity contribution < 1.29 is 46.4 Å². The smallest absolute Gasteiger partial charge is 0.0774 e. The molecular weight excluding hydrogens is 745 g/mol. The second kappa shape index (κ2) is 19.7. The van der Waals surface area contributed by atoms with E-state index in [4.69, 9.17) is 0 Å². The Kier molecular flexibility index (Phi) is 17.2. The van der Waals surface area contributed by atoms with Crippen molar-refractivity contribution in [1.82, 2.24) is 0 Å². The molecule has 3 aliphatic carbocycles. The Bertz CT molecular complexity index is 642. The molecule has 0 bridgehead atoms. The van der Waals surface area contributed by atoms with Crippen LogP contribution in [0.15, 0.2) is 0 Å². The van der Waals surface area contributed by atoms with E-state index >= 15 is 0 Å². The van der Waals surface area contributed by atoms with Crippen LogP contribution in [0.2, 0.25) is 0 Å². The molecule has 12 unspecified atom stereocenters. The van der Waals surface area contributed by atoms with Crippen LogP contribution in [0.5, 0.6) is 0 Å². The van der Waals surface area contributed by atoms with Gasteiger partial charge in [0.05, 0.1) is 37.0 Å². The number of hydrogen-bond acceptors (Lipinski definition) is 0. The van der Waals surface area contributed by atoms with E-state index in [1.165, 1.54) is 0 Å². The molecule has 12 atom stereocenters. The molecule has 0 aromatic carbocycles. The molecule has 0 spiro atoms. The van der Waals surface area contributed by atoms with Gasteiger partial charge in [-0.2, -0.15) is 35.9 Å². The van der Waals surface area contributed by atoms with Crippen molar-refractivity contribution in [3.8, 4) is 0 Å². The predicted molar refractivity (Wildman–Crippen MR) is 158 cm³/mol. The zero-order chi connectivity index (χ0) is 29.9. The van der Waals surface area contributed by atoms with Crippen LogP contribution in [0.3, 0.4) is 0 Å². The number of piperidine rings is 3. The van der Waals surface area contributed by atoms with Gasteiger partial charge >= 0.3 is 0 Å². The van der Waals surface area contributed by atoms with Crippen molar-refractivity contribution >= 4 is 0 Å². The van der Waals surface area contributed by atoms with Crippen LogP contribution in [0.25, 0.3) is 16.0 Å². The molecule has 3 nitrogen and oxygen atoms in total. The molecule has 3 aliphatic heterocycles. The average Bonchev–Trinajstić information content (AvgIpc) is 2.99. The van der Waals surface area contributed by atoms with Crippen molar-refractivity contribution in [2.24, 2.45) is 17.8 Å². The molecule has 6 fully saturated rings. The topological polar surface area (TPSA) is 42.3 Å². The molecule has 43 heavy (non-hydrogen) atoms. The van der Waals surface area contributed by atoms with Gasteiger partial charge in [-0.05, 0) is 0 Å². The summed E-state index contributed by atoms with van der Waals surface area (Å²) in [5.41, 5.74) is 0. The Hall–Kier alpha value is 0.109. The Labute approximate surface area is 270 Å². The normalized spacial score (nSPS) is 44.0. The second-order valence-electron chi connectivity index (χ2n) is 13.1. The maximum Gasteiger partial charge on any atom is 0.0774 e. The van der Waals surface area contributed by atoms with Crippen LogP contribution >= 0.6 is 0 Å². The maximum absolute atomic E-state index is 13.6. The molecule has 0 amide bonds. The van der Waals surface area contributed by atoms with Gasteiger partial charge in [-0.25, -0.2) is 13.2 Å². The first-order valence-corrected chi connectivity index (χ1v) is 16.7. The van der Waals surface area contributed by atoms with Gasteiger partial charge in [-0.1, -0.05) is 57.8 Å². The first-order chi connectivity index (χ1) is 20.3. The largest absolute Gasteiger partial charge is 0.661 e. The number of halogens is 6. The fourth-order valence-corrected chi connectivity index (χ4v) is 7.43. The summed E-state index contributed by atoms with van der Waals surface area (Å²) in [4.78, 5) is 0. The Morgan fingerprint density at radius 2 is 0.698 bits per heavy atom. The van der Waals surface area contributed by atoms with Gasteiger partial charge in [0.25, 0.3) is 0 Å². The quantitative estimate of drug-likeness (QED) is 0.202. The summed E-state index contributed by atoms with van der Waals surface area (Å²) < 4.78 is 79.3. The monoisotopic (exact) mass is 796 g/mol. The van der Waals surface area contributed by atoms with Crippen molar-refractivity contribution in [2.45, 2.75) is 151 Å². The van der Waals surface area contributed by atoms with E-state index in [-0.39, 0.29) is 75.2 Å². The third-order valence-electron chi connectivity index (χ3n) is 9.84. The van der Waals surface area contributed by atoms with Crippen LogP contribution < -0.4 is 0 Å². The van der Waals surface area contributed by atoms with Crippen LogP contribution in [0, 0.1) is 37.0 Å². The minimum Gasteiger partial charge on any atom is -0.661 e. The predicted octanol–water partition coefficient (Wildman–Crippen LogP) is 9.61. The van der Waals surface area contributed by atoms with E-state index in [9.17, 15) is 26.3 Å². The Morgan fingerprint density at radius 3 is 0.907 bits per heavy atom. The molecule has 3 saturated heterocycles. The van der Waals surface area contributed by atoms with Gasteiger partial charge in [-0.15, -0.1) is 38.9 Å². The van der Waals surface area contributed by atoms with Crippen molar-refractivity contribution in [3.63, 3.8) is 0 Å². The fourth-order valence-electron chi connectivity index (χ4n) is 7.43. The zero-order valence-corrected chi connectivity index (χ0v) is 27.7. The van der Waals surface area contributed by atoms with Crippen LogP contribution in [-0.2, 0) is 20.1 Å². The van der Waals surface area contributed by atoms with Gasteiger partial charge < -0.3 is 35.2 Å². The van der Waals surface area contributed by atoms with E-state index in [0.29, 0.717) is 19.3 Å². The first kappa shape index (κ1) is 37.6. The van der Waals surface area contributed by atoms with E-state index in [1.54, 1.807) is 0 Å². The molecule has 0 aromatic rings. The molecule has 6 aliphatic rings. The van der Waals surface area contributed by atoms with Crippen molar-refractivity contribution in [3.05, 3.63) is 35.2 Å². The van der Waals surface area contributed by atoms with Gasteiger partial charge in [0.2, 0.25) is 0 Å². The van der Waals surface area contributed by atoms with Crippen LogP contribution in [0.4, 0.5) is 26.3 Å². The molecule has 0 aromatic heterocycles. The summed E-state index contributed by atoms with van der Waals surface area (Å²) in [7, 11) is 0. The van der Waals surface area contributed by atoms with E-state index in [0.717, 1.165) is 77.4 Å². The minimum absolute atomic E-state index is 0. The van der Waals surface area contributed by atoms with Gasteiger partial charge in [0.15, 0.2) is 0 Å². The van der Waals surface area contributed by atoms with E-state index in [1.807, 2.05) is 19.3 Å². The summed E-state index contributed by atoms with van der Waals surface area (Å²) in [6.45, 7) is 2.59.